The van der Waals surface area contributed by atoms with Crippen LogP contribution in [0.1, 0.15) is 21.5 Å². The molecule has 0 aliphatic heterocycles. The van der Waals surface area contributed by atoms with Crippen LogP contribution in [-0.4, -0.2) is 11.8 Å². The van der Waals surface area contributed by atoms with Crippen LogP contribution < -0.4 is 10.9 Å². The Kier molecular flexibility index (Phi) is 4.53. The van der Waals surface area contributed by atoms with Crippen LogP contribution >= 0.6 is 11.6 Å². The fourth-order valence-electron chi connectivity index (χ4n) is 2.34. The molecule has 6 heteroatoms. The summed E-state index contributed by atoms with van der Waals surface area (Å²) in [5.74, 6) is -0.742. The van der Waals surface area contributed by atoms with Gasteiger partial charge in [0, 0.05) is 21.5 Å². The molecule has 0 unspecified atom stereocenters. The van der Waals surface area contributed by atoms with E-state index in [0.29, 0.717) is 10.6 Å². The largest absolute Gasteiger partial charge is 0.464 e. The maximum absolute atomic E-state index is 12.0. The van der Waals surface area contributed by atoms with E-state index in [1.807, 2.05) is 25.1 Å². The van der Waals surface area contributed by atoms with E-state index in [2.05, 4.69) is 10.9 Å². The second kappa shape index (κ2) is 6.76. The molecule has 0 saturated heterocycles. The van der Waals surface area contributed by atoms with Gasteiger partial charge in [0.1, 0.15) is 5.58 Å². The number of nitrogens with one attached hydrogen (secondary N) is 2. The Morgan fingerprint density at radius 2 is 1.83 bits per heavy atom. The van der Waals surface area contributed by atoms with Gasteiger partial charge in [0.15, 0.2) is 0 Å². The number of halogens is 1. The van der Waals surface area contributed by atoms with Gasteiger partial charge in [0.05, 0.1) is 12.7 Å². The Balaban J connectivity index is 1.61. The Bertz CT molecular complexity index is 900. The molecule has 122 valence electrons. The number of hydrogen-bond donors (Lipinski definition) is 2. The average molecular weight is 343 g/mol. The summed E-state index contributed by atoms with van der Waals surface area (Å²) in [6.07, 6.45) is 1.67. The van der Waals surface area contributed by atoms with Crippen molar-refractivity contribution in [3.05, 3.63) is 70.4 Å². The number of hydrazine groups is 1. The quantitative estimate of drug-likeness (QED) is 0.717. The van der Waals surface area contributed by atoms with Gasteiger partial charge in [-0.05, 0) is 42.8 Å². The maximum Gasteiger partial charge on any atom is 0.269 e. The Hall–Kier alpha value is -2.79. The van der Waals surface area contributed by atoms with Crippen LogP contribution in [0.2, 0.25) is 5.02 Å². The first-order chi connectivity index (χ1) is 11.5. The molecular weight excluding hydrogens is 328 g/mol. The molecule has 2 amide bonds. The van der Waals surface area contributed by atoms with Crippen molar-refractivity contribution in [2.45, 2.75) is 13.3 Å². The molecule has 0 aliphatic rings. The van der Waals surface area contributed by atoms with Gasteiger partial charge in [0.25, 0.3) is 5.91 Å². The van der Waals surface area contributed by atoms with E-state index < -0.39 is 5.91 Å². The summed E-state index contributed by atoms with van der Waals surface area (Å²) in [7, 11) is 0. The van der Waals surface area contributed by atoms with E-state index in [1.54, 1.807) is 30.5 Å². The van der Waals surface area contributed by atoms with Crippen LogP contribution in [-0.2, 0) is 11.2 Å². The predicted octanol–water partition coefficient (Wildman–Crippen LogP) is 3.40. The third-order valence-corrected chi connectivity index (χ3v) is 3.84. The number of rotatable bonds is 3. The van der Waals surface area contributed by atoms with Crippen molar-refractivity contribution in [1.29, 1.82) is 0 Å². The molecular formula is C18H15ClN2O3. The van der Waals surface area contributed by atoms with E-state index in [0.717, 1.165) is 22.1 Å². The fourth-order valence-corrected chi connectivity index (χ4v) is 2.47. The first kappa shape index (κ1) is 16.1. The van der Waals surface area contributed by atoms with Gasteiger partial charge in [-0.15, -0.1) is 0 Å². The SMILES string of the molecule is Cc1ccc2c(CC(=O)NNC(=O)c3ccc(Cl)cc3)coc2c1. The van der Waals surface area contributed by atoms with Crippen LogP contribution in [0.15, 0.2) is 53.1 Å². The molecule has 5 nitrogen and oxygen atoms in total. The minimum absolute atomic E-state index is 0.108. The maximum atomic E-state index is 12.0. The minimum atomic E-state index is -0.410. The number of carbonyl (C=O) groups excluding carboxylic acids is 2. The summed E-state index contributed by atoms with van der Waals surface area (Å²) in [5.41, 5.74) is 7.77. The molecule has 3 aromatic rings. The van der Waals surface area contributed by atoms with Crippen LogP contribution in [0.25, 0.3) is 11.0 Å². The Morgan fingerprint density at radius 3 is 2.58 bits per heavy atom. The Morgan fingerprint density at radius 1 is 1.08 bits per heavy atom. The van der Waals surface area contributed by atoms with Gasteiger partial charge >= 0.3 is 0 Å². The molecule has 0 saturated carbocycles. The standard InChI is InChI=1S/C18H15ClN2O3/c1-11-2-7-15-13(10-24-16(15)8-11)9-17(22)20-21-18(23)12-3-5-14(19)6-4-12/h2-8,10H,9H2,1H3,(H,20,22)(H,21,23). The summed E-state index contributed by atoms with van der Waals surface area (Å²) in [4.78, 5) is 23.9. The van der Waals surface area contributed by atoms with E-state index in [-0.39, 0.29) is 12.3 Å². The number of aryl methyl sites for hydroxylation is 1. The summed E-state index contributed by atoms with van der Waals surface area (Å²) >= 11 is 5.77. The van der Waals surface area contributed by atoms with Gasteiger partial charge in [-0.1, -0.05) is 23.7 Å². The lowest BCUT2D eigenvalue weighted by Gasteiger charge is -2.07. The van der Waals surface area contributed by atoms with Crippen LogP contribution in [0.5, 0.6) is 0 Å². The number of amides is 2. The topological polar surface area (TPSA) is 71.3 Å². The number of benzene rings is 2. The summed E-state index contributed by atoms with van der Waals surface area (Å²) in [5, 5.41) is 1.43. The minimum Gasteiger partial charge on any atom is -0.464 e. The lowest BCUT2D eigenvalue weighted by molar-refractivity contribution is -0.121. The van der Waals surface area contributed by atoms with E-state index >= 15 is 0 Å². The van der Waals surface area contributed by atoms with Gasteiger partial charge < -0.3 is 4.42 Å². The first-order valence-corrected chi connectivity index (χ1v) is 7.72. The van der Waals surface area contributed by atoms with Crippen molar-refractivity contribution in [1.82, 2.24) is 10.9 Å². The van der Waals surface area contributed by atoms with Crippen molar-refractivity contribution < 1.29 is 14.0 Å². The second-order valence-corrected chi connectivity index (χ2v) is 5.88. The van der Waals surface area contributed by atoms with Gasteiger partial charge in [-0.3, -0.25) is 20.4 Å². The first-order valence-electron chi connectivity index (χ1n) is 7.34. The van der Waals surface area contributed by atoms with Gasteiger partial charge in [-0.25, -0.2) is 0 Å². The van der Waals surface area contributed by atoms with Gasteiger partial charge in [0.2, 0.25) is 5.91 Å². The molecule has 0 radical (unpaired) electrons. The van der Waals surface area contributed by atoms with Crippen LogP contribution in [0.4, 0.5) is 0 Å². The molecule has 2 aromatic carbocycles. The number of furan rings is 1. The van der Waals surface area contributed by atoms with Crippen LogP contribution in [0, 0.1) is 6.92 Å². The predicted molar refractivity (Wildman–Crippen MR) is 91.7 cm³/mol. The lowest BCUT2D eigenvalue weighted by atomic mass is 10.1. The molecule has 1 aromatic heterocycles. The van der Waals surface area contributed by atoms with Crippen LogP contribution in [0.3, 0.4) is 0 Å². The zero-order valence-electron chi connectivity index (χ0n) is 12.9. The smallest absolute Gasteiger partial charge is 0.269 e. The molecule has 0 spiro atoms. The number of carbonyl (C=O) groups is 2. The zero-order chi connectivity index (χ0) is 17.1. The summed E-state index contributed by atoms with van der Waals surface area (Å²) < 4.78 is 5.46. The normalized spacial score (nSPS) is 10.6. The molecule has 0 bridgehead atoms. The van der Waals surface area contributed by atoms with E-state index in [4.69, 9.17) is 16.0 Å². The van der Waals surface area contributed by atoms with Crippen molar-refractivity contribution >= 4 is 34.4 Å². The zero-order valence-corrected chi connectivity index (χ0v) is 13.7. The molecule has 0 aliphatic carbocycles. The van der Waals surface area contributed by atoms with Crippen molar-refractivity contribution in [2.75, 3.05) is 0 Å². The number of hydrogen-bond acceptors (Lipinski definition) is 3. The third kappa shape index (κ3) is 3.58. The van der Waals surface area contributed by atoms with Crippen molar-refractivity contribution in [3.8, 4) is 0 Å². The highest BCUT2D eigenvalue weighted by molar-refractivity contribution is 6.30. The molecule has 3 rings (SSSR count). The molecule has 0 atom stereocenters. The highest BCUT2D eigenvalue weighted by Gasteiger charge is 2.12. The highest BCUT2D eigenvalue weighted by atomic mass is 35.5. The van der Waals surface area contributed by atoms with E-state index in [9.17, 15) is 9.59 Å². The lowest BCUT2D eigenvalue weighted by Crippen LogP contribution is -2.42. The molecule has 0 fully saturated rings. The average Bonchev–Trinajstić information content (AvgIpc) is 2.95. The summed E-state index contributed by atoms with van der Waals surface area (Å²) in [6, 6.07) is 12.2. The van der Waals surface area contributed by atoms with Gasteiger partial charge in [-0.2, -0.15) is 0 Å². The third-order valence-electron chi connectivity index (χ3n) is 3.58. The molecule has 2 N–H and O–H groups in total. The van der Waals surface area contributed by atoms with E-state index in [1.165, 1.54) is 0 Å². The summed E-state index contributed by atoms with van der Waals surface area (Å²) in [6.45, 7) is 1.97. The molecule has 1 heterocycles. The second-order valence-electron chi connectivity index (χ2n) is 5.45. The van der Waals surface area contributed by atoms with Crippen molar-refractivity contribution in [2.24, 2.45) is 0 Å². The number of fused-ring (bicyclic) bond motifs is 1. The van der Waals surface area contributed by atoms with Crippen molar-refractivity contribution in [3.63, 3.8) is 0 Å². The molecule has 24 heavy (non-hydrogen) atoms. The fraction of sp³-hybridized carbons (Fsp3) is 0.111. The highest BCUT2D eigenvalue weighted by Crippen LogP contribution is 2.22. The Labute approximate surface area is 143 Å². The monoisotopic (exact) mass is 342 g/mol.